The molecule has 3 nitrogen and oxygen atoms in total. The molecule has 15 heavy (non-hydrogen) atoms. The summed E-state index contributed by atoms with van der Waals surface area (Å²) in [5.41, 5.74) is 0.757. The van der Waals surface area contributed by atoms with Gasteiger partial charge in [-0.3, -0.25) is 4.79 Å². The highest BCUT2D eigenvalue weighted by atomic mass is 19.1. The Bertz CT molecular complexity index is 389. The SMILES string of the molecule is O=C(O)CC1COc2c(F)cccc2C1. The highest BCUT2D eigenvalue weighted by molar-refractivity contribution is 5.67. The third kappa shape index (κ3) is 2.09. The van der Waals surface area contributed by atoms with E-state index in [1.165, 1.54) is 6.07 Å². The van der Waals surface area contributed by atoms with E-state index in [-0.39, 0.29) is 30.5 Å². The van der Waals surface area contributed by atoms with E-state index in [9.17, 15) is 9.18 Å². The van der Waals surface area contributed by atoms with Gasteiger partial charge in [0.2, 0.25) is 0 Å². The minimum Gasteiger partial charge on any atom is -0.490 e. The Labute approximate surface area is 86.5 Å². The maximum Gasteiger partial charge on any atom is 0.303 e. The number of rotatable bonds is 2. The maximum atomic E-state index is 13.2. The van der Waals surface area contributed by atoms with E-state index in [1.807, 2.05) is 0 Å². The van der Waals surface area contributed by atoms with Crippen molar-refractivity contribution >= 4 is 5.97 Å². The van der Waals surface area contributed by atoms with Crippen LogP contribution in [0, 0.1) is 11.7 Å². The monoisotopic (exact) mass is 210 g/mol. The molecule has 0 spiro atoms. The summed E-state index contributed by atoms with van der Waals surface area (Å²) in [4.78, 5) is 10.5. The topological polar surface area (TPSA) is 46.5 Å². The number of carboxylic acids is 1. The van der Waals surface area contributed by atoms with Crippen LogP contribution < -0.4 is 4.74 Å². The fourth-order valence-corrected chi connectivity index (χ4v) is 1.83. The summed E-state index contributed by atoms with van der Waals surface area (Å²) in [7, 11) is 0. The summed E-state index contributed by atoms with van der Waals surface area (Å²) in [6, 6.07) is 4.73. The second kappa shape index (κ2) is 3.88. The van der Waals surface area contributed by atoms with Crippen molar-refractivity contribution in [2.45, 2.75) is 12.8 Å². The number of carboxylic acid groups (broad SMARTS) is 1. The molecule has 0 saturated carbocycles. The Hall–Kier alpha value is -1.58. The number of carbonyl (C=O) groups is 1. The molecule has 1 unspecified atom stereocenters. The second-order valence-corrected chi connectivity index (χ2v) is 3.71. The molecule has 0 saturated heterocycles. The minimum atomic E-state index is -0.844. The zero-order chi connectivity index (χ0) is 10.8. The van der Waals surface area contributed by atoms with E-state index < -0.39 is 5.97 Å². The van der Waals surface area contributed by atoms with E-state index in [0.29, 0.717) is 6.42 Å². The van der Waals surface area contributed by atoms with Gasteiger partial charge in [0.05, 0.1) is 13.0 Å². The van der Waals surface area contributed by atoms with Gasteiger partial charge in [0.25, 0.3) is 0 Å². The van der Waals surface area contributed by atoms with Crippen LogP contribution in [-0.2, 0) is 11.2 Å². The van der Waals surface area contributed by atoms with Crippen LogP contribution in [0.2, 0.25) is 0 Å². The Kier molecular flexibility index (Phi) is 2.58. The van der Waals surface area contributed by atoms with Gasteiger partial charge in [0.1, 0.15) is 0 Å². The first-order chi connectivity index (χ1) is 7.16. The number of aliphatic carboxylic acids is 1. The van der Waals surface area contributed by atoms with Gasteiger partial charge < -0.3 is 9.84 Å². The second-order valence-electron chi connectivity index (χ2n) is 3.71. The molecule has 1 aliphatic heterocycles. The Balaban J connectivity index is 2.17. The standard InChI is InChI=1S/C11H11FO3/c12-9-3-1-2-8-4-7(5-10(13)14)6-15-11(8)9/h1-3,7H,4-6H2,(H,13,14). The molecular formula is C11H11FO3. The van der Waals surface area contributed by atoms with Gasteiger partial charge in [0, 0.05) is 5.92 Å². The Morgan fingerprint density at radius 1 is 1.60 bits per heavy atom. The number of benzene rings is 1. The summed E-state index contributed by atoms with van der Waals surface area (Å²) >= 11 is 0. The van der Waals surface area contributed by atoms with Crippen LogP contribution >= 0.6 is 0 Å². The van der Waals surface area contributed by atoms with E-state index in [4.69, 9.17) is 9.84 Å². The summed E-state index contributed by atoms with van der Waals surface area (Å²) in [5, 5.41) is 8.64. The fourth-order valence-electron chi connectivity index (χ4n) is 1.83. The first kappa shape index (κ1) is 9.96. The molecule has 0 aromatic heterocycles. The molecule has 1 heterocycles. The number of hydrogen-bond acceptors (Lipinski definition) is 2. The van der Waals surface area contributed by atoms with Gasteiger partial charge in [0.15, 0.2) is 11.6 Å². The van der Waals surface area contributed by atoms with Crippen LogP contribution in [0.1, 0.15) is 12.0 Å². The zero-order valence-electron chi connectivity index (χ0n) is 8.07. The van der Waals surface area contributed by atoms with Crippen LogP contribution in [0.5, 0.6) is 5.75 Å². The molecule has 2 rings (SSSR count). The number of para-hydroxylation sites is 1. The van der Waals surface area contributed by atoms with Crippen molar-refractivity contribution in [2.75, 3.05) is 6.61 Å². The van der Waals surface area contributed by atoms with Crippen LogP contribution in [0.15, 0.2) is 18.2 Å². The van der Waals surface area contributed by atoms with Crippen molar-refractivity contribution in [3.8, 4) is 5.75 Å². The molecule has 1 atom stereocenters. The lowest BCUT2D eigenvalue weighted by molar-refractivity contribution is -0.138. The van der Waals surface area contributed by atoms with Gasteiger partial charge in [-0.15, -0.1) is 0 Å². The van der Waals surface area contributed by atoms with Crippen LogP contribution in [0.25, 0.3) is 0 Å². The first-order valence-corrected chi connectivity index (χ1v) is 4.79. The van der Waals surface area contributed by atoms with Gasteiger partial charge in [-0.25, -0.2) is 4.39 Å². The largest absolute Gasteiger partial charge is 0.490 e. The molecule has 1 N–H and O–H groups in total. The molecule has 0 amide bonds. The first-order valence-electron chi connectivity index (χ1n) is 4.79. The lowest BCUT2D eigenvalue weighted by atomic mass is 9.94. The molecule has 0 aliphatic carbocycles. The third-order valence-electron chi connectivity index (χ3n) is 2.48. The molecule has 0 fully saturated rings. The molecule has 1 aromatic rings. The number of ether oxygens (including phenoxy) is 1. The van der Waals surface area contributed by atoms with Crippen molar-refractivity contribution in [1.29, 1.82) is 0 Å². The quantitative estimate of drug-likeness (QED) is 0.810. The highest BCUT2D eigenvalue weighted by Crippen LogP contribution is 2.30. The predicted octanol–water partition coefficient (Wildman–Crippen LogP) is 1.85. The van der Waals surface area contributed by atoms with Crippen molar-refractivity contribution in [3.63, 3.8) is 0 Å². The maximum absolute atomic E-state index is 13.2. The molecule has 80 valence electrons. The van der Waals surface area contributed by atoms with E-state index >= 15 is 0 Å². The molecule has 1 aromatic carbocycles. The van der Waals surface area contributed by atoms with Crippen molar-refractivity contribution in [3.05, 3.63) is 29.6 Å². The van der Waals surface area contributed by atoms with E-state index in [1.54, 1.807) is 12.1 Å². The van der Waals surface area contributed by atoms with E-state index in [0.717, 1.165) is 5.56 Å². The van der Waals surface area contributed by atoms with Gasteiger partial charge in [-0.2, -0.15) is 0 Å². The summed E-state index contributed by atoms with van der Waals surface area (Å²) in [6.07, 6.45) is 0.634. The summed E-state index contributed by atoms with van der Waals surface area (Å²) in [5.74, 6) is -0.999. The predicted molar refractivity (Wildman–Crippen MR) is 51.3 cm³/mol. The van der Waals surface area contributed by atoms with Gasteiger partial charge in [-0.1, -0.05) is 12.1 Å². The lowest BCUT2D eigenvalue weighted by Gasteiger charge is -2.24. The Morgan fingerprint density at radius 2 is 2.40 bits per heavy atom. The normalized spacial score (nSPS) is 19.1. The number of fused-ring (bicyclic) bond motifs is 1. The van der Waals surface area contributed by atoms with Crippen molar-refractivity contribution < 1.29 is 19.0 Å². The average Bonchev–Trinajstić information content (AvgIpc) is 2.17. The van der Waals surface area contributed by atoms with Crippen molar-refractivity contribution in [1.82, 2.24) is 0 Å². The molecule has 1 aliphatic rings. The van der Waals surface area contributed by atoms with Gasteiger partial charge >= 0.3 is 5.97 Å². The lowest BCUT2D eigenvalue weighted by Crippen LogP contribution is -2.23. The molecular weight excluding hydrogens is 199 g/mol. The number of hydrogen-bond donors (Lipinski definition) is 1. The third-order valence-corrected chi connectivity index (χ3v) is 2.48. The average molecular weight is 210 g/mol. The fraction of sp³-hybridized carbons (Fsp3) is 0.364. The molecule has 0 radical (unpaired) electrons. The number of halogens is 1. The highest BCUT2D eigenvalue weighted by Gasteiger charge is 2.23. The van der Waals surface area contributed by atoms with Gasteiger partial charge in [-0.05, 0) is 18.1 Å². The summed E-state index contributed by atoms with van der Waals surface area (Å²) in [6.45, 7) is 0.278. The minimum absolute atomic E-state index is 0.0585. The smallest absolute Gasteiger partial charge is 0.303 e. The van der Waals surface area contributed by atoms with Crippen LogP contribution in [-0.4, -0.2) is 17.7 Å². The zero-order valence-corrected chi connectivity index (χ0v) is 8.07. The van der Waals surface area contributed by atoms with E-state index in [2.05, 4.69) is 0 Å². The summed E-state index contributed by atoms with van der Waals surface area (Å²) < 4.78 is 18.4. The van der Waals surface area contributed by atoms with Crippen molar-refractivity contribution in [2.24, 2.45) is 5.92 Å². The molecule has 4 heteroatoms. The Morgan fingerprint density at radius 3 is 3.13 bits per heavy atom. The molecule has 0 bridgehead atoms. The van der Waals surface area contributed by atoms with Crippen LogP contribution in [0.3, 0.4) is 0 Å². The van der Waals surface area contributed by atoms with Crippen LogP contribution in [0.4, 0.5) is 4.39 Å².